The Morgan fingerprint density at radius 1 is 1.60 bits per heavy atom. The lowest BCUT2D eigenvalue weighted by Crippen LogP contribution is -1.63. The van der Waals surface area contributed by atoms with Gasteiger partial charge >= 0.3 is 0 Å². The third kappa shape index (κ3) is 4.21. The summed E-state index contributed by atoms with van der Waals surface area (Å²) >= 11 is 3.19. The van der Waals surface area contributed by atoms with Gasteiger partial charge in [-0.05, 0) is 24.3 Å². The molecule has 2 nitrogen and oxygen atoms in total. The second-order valence-electron chi connectivity index (χ2n) is 1.66. The van der Waals surface area contributed by atoms with Crippen LogP contribution in [0.2, 0.25) is 0 Å². The second kappa shape index (κ2) is 5.11. The molecule has 0 saturated heterocycles. The molecule has 0 aromatic carbocycles. The Hall–Kier alpha value is -0.700. The van der Waals surface area contributed by atoms with Gasteiger partial charge in [-0.25, -0.2) is 0 Å². The van der Waals surface area contributed by atoms with Crippen LogP contribution >= 0.6 is 15.9 Å². The standard InChI is InChI=1S/C7H8BrNO/c1-3-7(8)5-4-6(2)9-10/h3-5H,1H2,2H3/b6-4-,7-5+. The van der Waals surface area contributed by atoms with Gasteiger partial charge in [-0.3, -0.25) is 0 Å². The summed E-state index contributed by atoms with van der Waals surface area (Å²) < 4.78 is 0.829. The zero-order chi connectivity index (χ0) is 7.98. The van der Waals surface area contributed by atoms with Gasteiger partial charge in [0.1, 0.15) is 0 Å². The number of nitroso groups, excluding NO2 is 1. The molecular weight excluding hydrogens is 194 g/mol. The van der Waals surface area contributed by atoms with Crippen molar-refractivity contribution in [3.05, 3.63) is 39.9 Å². The summed E-state index contributed by atoms with van der Waals surface area (Å²) in [6.45, 7) is 5.14. The van der Waals surface area contributed by atoms with Gasteiger partial charge in [-0.15, -0.1) is 4.91 Å². The fourth-order valence-electron chi connectivity index (χ4n) is 0.299. The zero-order valence-electron chi connectivity index (χ0n) is 5.67. The van der Waals surface area contributed by atoms with Crippen molar-refractivity contribution in [1.82, 2.24) is 0 Å². The molecule has 0 atom stereocenters. The molecule has 0 radical (unpaired) electrons. The Bertz CT molecular complexity index is 172. The Morgan fingerprint density at radius 2 is 2.20 bits per heavy atom. The first-order chi connectivity index (χ1) is 4.70. The van der Waals surface area contributed by atoms with E-state index in [2.05, 4.69) is 27.7 Å². The van der Waals surface area contributed by atoms with E-state index in [1.165, 1.54) is 0 Å². The Balaban J connectivity index is 4.16. The second-order valence-corrected chi connectivity index (χ2v) is 2.57. The predicted octanol–water partition coefficient (Wildman–Crippen LogP) is 3.12. The van der Waals surface area contributed by atoms with Gasteiger partial charge in [0.25, 0.3) is 0 Å². The molecular formula is C7H8BrNO. The quantitative estimate of drug-likeness (QED) is 0.510. The summed E-state index contributed by atoms with van der Waals surface area (Å²) in [6.07, 6.45) is 4.96. The van der Waals surface area contributed by atoms with Gasteiger partial charge in [0.2, 0.25) is 0 Å². The molecule has 54 valence electrons. The average Bonchev–Trinajstić information content (AvgIpc) is 1.99. The summed E-state index contributed by atoms with van der Waals surface area (Å²) in [7, 11) is 0. The van der Waals surface area contributed by atoms with Crippen molar-refractivity contribution in [2.24, 2.45) is 5.18 Å². The van der Waals surface area contributed by atoms with Gasteiger partial charge in [-0.2, -0.15) is 0 Å². The average molecular weight is 202 g/mol. The van der Waals surface area contributed by atoms with Crippen LogP contribution in [0.3, 0.4) is 0 Å². The lowest BCUT2D eigenvalue weighted by molar-refractivity contribution is 1.29. The van der Waals surface area contributed by atoms with Crippen LogP contribution in [0.4, 0.5) is 0 Å². The minimum atomic E-state index is 0.443. The molecule has 0 aromatic rings. The Morgan fingerprint density at radius 3 is 2.60 bits per heavy atom. The van der Waals surface area contributed by atoms with E-state index < -0.39 is 0 Å². The minimum absolute atomic E-state index is 0.443. The van der Waals surface area contributed by atoms with Gasteiger partial charge in [0, 0.05) is 4.48 Å². The van der Waals surface area contributed by atoms with Crippen molar-refractivity contribution in [1.29, 1.82) is 0 Å². The zero-order valence-corrected chi connectivity index (χ0v) is 7.26. The largest absolute Gasteiger partial charge is 0.145 e. The summed E-state index contributed by atoms with van der Waals surface area (Å²) in [5, 5.41) is 2.71. The molecule has 0 spiro atoms. The topological polar surface area (TPSA) is 29.4 Å². The van der Waals surface area contributed by atoms with E-state index in [1.54, 1.807) is 25.2 Å². The van der Waals surface area contributed by atoms with E-state index in [-0.39, 0.29) is 0 Å². The molecule has 0 rings (SSSR count). The van der Waals surface area contributed by atoms with Crippen LogP contribution < -0.4 is 0 Å². The lowest BCUT2D eigenvalue weighted by Gasteiger charge is -1.82. The van der Waals surface area contributed by atoms with Crippen LogP contribution in [0.1, 0.15) is 6.92 Å². The van der Waals surface area contributed by atoms with Crippen LogP contribution in [0.5, 0.6) is 0 Å². The molecule has 0 aliphatic heterocycles. The highest BCUT2D eigenvalue weighted by molar-refractivity contribution is 9.11. The van der Waals surface area contributed by atoms with E-state index in [0.29, 0.717) is 5.70 Å². The maximum Gasteiger partial charge on any atom is 0.0818 e. The van der Waals surface area contributed by atoms with Crippen LogP contribution in [-0.4, -0.2) is 0 Å². The highest BCUT2D eigenvalue weighted by Crippen LogP contribution is 2.06. The minimum Gasteiger partial charge on any atom is -0.145 e. The van der Waals surface area contributed by atoms with Gasteiger partial charge in [-0.1, -0.05) is 28.6 Å². The first kappa shape index (κ1) is 9.30. The number of nitrogens with zero attached hydrogens (tertiary/aromatic N) is 1. The van der Waals surface area contributed by atoms with Gasteiger partial charge < -0.3 is 0 Å². The first-order valence-corrected chi connectivity index (χ1v) is 3.50. The van der Waals surface area contributed by atoms with Crippen molar-refractivity contribution in [2.75, 3.05) is 0 Å². The Labute approximate surface area is 68.4 Å². The van der Waals surface area contributed by atoms with Crippen molar-refractivity contribution in [2.45, 2.75) is 6.92 Å². The molecule has 0 unspecified atom stereocenters. The molecule has 10 heavy (non-hydrogen) atoms. The van der Waals surface area contributed by atoms with Gasteiger partial charge in [0.05, 0.1) is 5.70 Å². The van der Waals surface area contributed by atoms with E-state index in [4.69, 9.17) is 0 Å². The number of hydrogen-bond donors (Lipinski definition) is 0. The van der Waals surface area contributed by atoms with Crippen molar-refractivity contribution in [3.8, 4) is 0 Å². The van der Waals surface area contributed by atoms with Crippen molar-refractivity contribution in [3.63, 3.8) is 0 Å². The molecule has 3 heteroatoms. The lowest BCUT2D eigenvalue weighted by atomic mass is 10.4. The summed E-state index contributed by atoms with van der Waals surface area (Å²) in [4.78, 5) is 9.82. The molecule has 0 heterocycles. The third-order valence-corrected chi connectivity index (χ3v) is 1.41. The molecule has 0 N–H and O–H groups in total. The number of halogens is 1. The number of allylic oxidation sites excluding steroid dienone is 5. The van der Waals surface area contributed by atoms with E-state index in [0.717, 1.165) is 4.48 Å². The molecule has 0 amide bonds. The molecule has 0 fully saturated rings. The molecule has 0 saturated carbocycles. The Kier molecular flexibility index (Phi) is 4.76. The maximum atomic E-state index is 9.82. The number of rotatable bonds is 3. The van der Waals surface area contributed by atoms with Crippen LogP contribution in [0, 0.1) is 4.91 Å². The maximum absolute atomic E-state index is 9.82. The summed E-state index contributed by atoms with van der Waals surface area (Å²) in [5.74, 6) is 0. The van der Waals surface area contributed by atoms with E-state index >= 15 is 0 Å². The molecule has 0 aromatic heterocycles. The monoisotopic (exact) mass is 201 g/mol. The van der Waals surface area contributed by atoms with Gasteiger partial charge in [0.15, 0.2) is 0 Å². The van der Waals surface area contributed by atoms with E-state index in [1.807, 2.05) is 0 Å². The smallest absolute Gasteiger partial charge is 0.0818 e. The number of hydrogen-bond acceptors (Lipinski definition) is 2. The van der Waals surface area contributed by atoms with Crippen LogP contribution in [-0.2, 0) is 0 Å². The fraction of sp³-hybridized carbons (Fsp3) is 0.143. The normalized spacial score (nSPS) is 13.0. The predicted molar refractivity (Wildman–Crippen MR) is 46.8 cm³/mol. The third-order valence-electron chi connectivity index (χ3n) is 0.823. The van der Waals surface area contributed by atoms with Crippen LogP contribution in [0.25, 0.3) is 0 Å². The first-order valence-electron chi connectivity index (χ1n) is 2.70. The fourth-order valence-corrected chi connectivity index (χ4v) is 0.431. The SMILES string of the molecule is C=C/C(Br)=C\C=C(\C)N=O. The highest BCUT2D eigenvalue weighted by atomic mass is 79.9. The molecule has 0 bridgehead atoms. The van der Waals surface area contributed by atoms with Crippen LogP contribution in [0.15, 0.2) is 40.2 Å². The highest BCUT2D eigenvalue weighted by Gasteiger charge is 1.82. The van der Waals surface area contributed by atoms with Crippen molar-refractivity contribution >= 4 is 15.9 Å². The summed E-state index contributed by atoms with van der Waals surface area (Å²) in [6, 6.07) is 0. The van der Waals surface area contributed by atoms with Crippen molar-refractivity contribution < 1.29 is 0 Å². The molecule has 0 aliphatic carbocycles. The molecule has 0 aliphatic rings. The van der Waals surface area contributed by atoms with E-state index in [9.17, 15) is 4.91 Å². The summed E-state index contributed by atoms with van der Waals surface area (Å²) in [5.41, 5.74) is 0.443.